The Morgan fingerprint density at radius 2 is 1.00 bits per heavy atom. The van der Waals surface area contributed by atoms with Crippen LogP contribution in [0.15, 0.2) is 12.1 Å². The molecule has 1 aromatic carbocycles. The van der Waals surface area contributed by atoms with Crippen LogP contribution in [-0.4, -0.2) is 53.0 Å². The largest absolute Gasteiger partial charge is 0.450 e. The first-order valence-corrected chi connectivity index (χ1v) is 20.5. The summed E-state index contributed by atoms with van der Waals surface area (Å²) in [7, 11) is -18.8. The van der Waals surface area contributed by atoms with Crippen molar-refractivity contribution in [2.75, 3.05) is 11.3 Å². The molecule has 0 aliphatic heterocycles. The van der Waals surface area contributed by atoms with Crippen LogP contribution in [0.25, 0.3) is 0 Å². The summed E-state index contributed by atoms with van der Waals surface area (Å²) in [6.07, 6.45) is 11.7. The van der Waals surface area contributed by atoms with E-state index in [4.69, 9.17) is 4.18 Å². The molecule has 0 N–H and O–H groups in total. The first-order chi connectivity index (χ1) is 20.7. The van der Waals surface area contributed by atoms with Crippen LogP contribution in [-0.2, 0) is 29.8 Å². The summed E-state index contributed by atoms with van der Waals surface area (Å²) in [6.45, 7) is 0. The van der Waals surface area contributed by atoms with E-state index in [2.05, 4.69) is 0 Å². The zero-order valence-corrected chi connectivity index (χ0v) is 27.5. The smallest absolute Gasteiger partial charge is 0.377 e. The van der Waals surface area contributed by atoms with Crippen molar-refractivity contribution in [2.24, 2.45) is 0 Å². The van der Waals surface area contributed by atoms with Crippen LogP contribution in [0.3, 0.4) is 0 Å². The van der Waals surface area contributed by atoms with Crippen molar-refractivity contribution in [1.29, 1.82) is 0 Å². The van der Waals surface area contributed by atoms with Gasteiger partial charge in [0.15, 0.2) is 14.9 Å². The maximum atomic E-state index is 15.3. The summed E-state index contributed by atoms with van der Waals surface area (Å²) in [5.74, 6) is -8.29. The van der Waals surface area contributed by atoms with Gasteiger partial charge in [0.05, 0.1) is 0 Å². The van der Waals surface area contributed by atoms with Gasteiger partial charge in [-0.05, 0) is 73.0 Å². The molecule has 0 radical (unpaired) electrons. The fourth-order valence-corrected chi connectivity index (χ4v) is 11.3. The Hall–Kier alpha value is -1.55. The molecule has 16 heteroatoms. The van der Waals surface area contributed by atoms with Gasteiger partial charge in [-0.1, -0.05) is 69.9 Å². The third-order valence-electron chi connectivity index (χ3n) is 9.33. The predicted molar refractivity (Wildman–Crippen MR) is 157 cm³/mol. The van der Waals surface area contributed by atoms with E-state index in [-0.39, 0.29) is 35.1 Å². The van der Waals surface area contributed by atoms with E-state index < -0.39 is 57.1 Å². The van der Waals surface area contributed by atoms with Crippen molar-refractivity contribution in [3.63, 3.8) is 0 Å². The predicted octanol–water partition coefficient (Wildman–Crippen LogP) is 7.78. The lowest BCUT2D eigenvalue weighted by atomic mass is 9.75. The number of alkyl halides is 6. The van der Waals surface area contributed by atoms with Crippen LogP contribution >= 0.6 is 0 Å². The molecule has 0 bridgehead atoms. The fourth-order valence-electron chi connectivity index (χ4n) is 6.94. The van der Waals surface area contributed by atoms with E-state index in [1.807, 2.05) is 0 Å². The highest BCUT2D eigenvalue weighted by Crippen LogP contribution is 2.53. The van der Waals surface area contributed by atoms with Gasteiger partial charge in [-0.25, -0.2) is 16.8 Å². The number of rotatable bonds is 11. The first kappa shape index (κ1) is 36.3. The van der Waals surface area contributed by atoms with Crippen molar-refractivity contribution in [1.82, 2.24) is 0 Å². The highest BCUT2D eigenvalue weighted by molar-refractivity contribution is 8.08. The van der Waals surface area contributed by atoms with Crippen LogP contribution in [0, 0.1) is 0 Å². The van der Waals surface area contributed by atoms with Gasteiger partial charge in [0.1, 0.15) is 5.75 Å². The van der Waals surface area contributed by atoms with E-state index in [1.165, 1.54) is 0 Å². The van der Waals surface area contributed by atoms with Crippen LogP contribution in [0.1, 0.15) is 131 Å². The molecule has 0 unspecified atom stereocenters. The Balaban J connectivity index is 1.86. The van der Waals surface area contributed by atoms with Crippen molar-refractivity contribution < 1.29 is 55.8 Å². The quantitative estimate of drug-likeness (QED) is 0.170. The molecule has 45 heavy (non-hydrogen) atoms. The normalized spacial score (nSPS) is 21.1. The third kappa shape index (κ3) is 7.31. The van der Waals surface area contributed by atoms with Crippen molar-refractivity contribution in [3.8, 4) is 5.75 Å². The molecule has 0 heterocycles. The lowest BCUT2D eigenvalue weighted by molar-refractivity contribution is -0.245. The van der Waals surface area contributed by atoms with Gasteiger partial charge >= 0.3 is 26.5 Å². The Morgan fingerprint density at radius 3 is 1.38 bits per heavy atom. The molecule has 4 rings (SSSR count). The lowest BCUT2D eigenvalue weighted by Gasteiger charge is -2.34. The minimum atomic E-state index is -7.10. The van der Waals surface area contributed by atoms with Crippen molar-refractivity contribution in [2.45, 2.75) is 130 Å². The molecule has 3 aliphatic carbocycles. The van der Waals surface area contributed by atoms with Gasteiger partial charge in [0.2, 0.25) is 9.84 Å². The Morgan fingerprint density at radius 1 is 0.622 bits per heavy atom. The second-order valence-corrected chi connectivity index (χ2v) is 19.0. The summed E-state index contributed by atoms with van der Waals surface area (Å²) < 4.78 is 167. The maximum absolute atomic E-state index is 15.3. The zero-order chi connectivity index (χ0) is 33.5. The number of hydrogen-bond donors (Lipinski definition) is 0. The van der Waals surface area contributed by atoms with Crippen LogP contribution in [0.2, 0.25) is 0 Å². The van der Waals surface area contributed by atoms with Gasteiger partial charge in [-0.2, -0.15) is 34.8 Å². The molecule has 0 amide bonds. The maximum Gasteiger partial charge on any atom is 0.450 e. The molecule has 258 valence electrons. The lowest BCUT2D eigenvalue weighted by Crippen LogP contribution is -2.62. The summed E-state index contributed by atoms with van der Waals surface area (Å²) in [6, 6.07) is 3.37. The van der Waals surface area contributed by atoms with Gasteiger partial charge in [-0.3, -0.25) is 0 Å². The second kappa shape index (κ2) is 13.2. The number of halogens is 6. The Bertz CT molecular complexity index is 1500. The van der Waals surface area contributed by atoms with E-state index in [1.54, 1.807) is 12.1 Å². The summed E-state index contributed by atoms with van der Waals surface area (Å²) in [5, 5.41) is -16.2. The number of benzene rings is 1. The summed E-state index contributed by atoms with van der Waals surface area (Å²) >= 11 is 0. The van der Waals surface area contributed by atoms with Crippen molar-refractivity contribution in [3.05, 3.63) is 28.8 Å². The van der Waals surface area contributed by atoms with Gasteiger partial charge in [-0.15, -0.1) is 0 Å². The molecule has 0 atom stereocenters. The molecule has 0 aromatic heterocycles. The summed E-state index contributed by atoms with van der Waals surface area (Å²) in [5.41, 5.74) is 1.37. The molecule has 7 nitrogen and oxygen atoms in total. The fraction of sp³-hybridized carbons (Fsp3) is 0.793. The van der Waals surface area contributed by atoms with Crippen LogP contribution < -0.4 is 4.18 Å². The van der Waals surface area contributed by atoms with E-state index in [0.717, 1.165) is 76.2 Å². The minimum Gasteiger partial charge on any atom is -0.377 e. The number of hydrogen-bond acceptors (Lipinski definition) is 7. The average molecular weight is 711 g/mol. The van der Waals surface area contributed by atoms with Gasteiger partial charge in [0.25, 0.3) is 0 Å². The highest BCUT2D eigenvalue weighted by atomic mass is 32.3. The molecule has 0 saturated heterocycles. The monoisotopic (exact) mass is 710 g/mol. The Labute approximate surface area is 261 Å². The third-order valence-corrected chi connectivity index (χ3v) is 14.6. The highest BCUT2D eigenvalue weighted by Gasteiger charge is 2.83. The average Bonchev–Trinajstić information content (AvgIpc) is 2.97. The molecular formula is C29H40F6O7S3. The molecular weight excluding hydrogens is 671 g/mol. The molecule has 3 aliphatic rings. The minimum absolute atomic E-state index is 0.110. The van der Waals surface area contributed by atoms with Crippen LogP contribution in [0.4, 0.5) is 26.3 Å². The van der Waals surface area contributed by atoms with Gasteiger partial charge in [0, 0.05) is 6.26 Å². The zero-order valence-electron chi connectivity index (χ0n) is 25.1. The topological polar surface area (TPSA) is 112 Å². The molecule has 0 spiro atoms. The standard InChI is InChI=1S/C29H40F6O7S3/c1-43(36,37)19-44(38,39)28(32,33)27(30,31)29(34,35)45(40,41)42-26-24(21-13-7-3-8-14-21)17-23(20-11-5-2-6-12-20)18-25(26)22-15-9-4-10-16-22/h17-18,20-22H,2-16,19H2,1H3. The molecule has 3 saturated carbocycles. The molecule has 1 aromatic rings. The molecule has 3 fully saturated rings. The number of sulfone groups is 2. The van der Waals surface area contributed by atoms with E-state index in [0.29, 0.717) is 25.7 Å². The summed E-state index contributed by atoms with van der Waals surface area (Å²) in [4.78, 5) is 0. The van der Waals surface area contributed by atoms with E-state index in [9.17, 15) is 42.8 Å². The Kier molecular flexibility index (Phi) is 10.6. The van der Waals surface area contributed by atoms with Gasteiger partial charge < -0.3 is 4.18 Å². The first-order valence-electron chi connectivity index (χ1n) is 15.4. The van der Waals surface area contributed by atoms with E-state index >= 15 is 8.78 Å². The van der Waals surface area contributed by atoms with Crippen LogP contribution in [0.5, 0.6) is 5.75 Å². The van der Waals surface area contributed by atoms with Crippen molar-refractivity contribution >= 4 is 29.8 Å². The second-order valence-electron chi connectivity index (χ2n) is 12.8. The SMILES string of the molecule is CS(=O)(=O)CS(=O)(=O)C(F)(F)C(F)(F)C(F)(F)S(=O)(=O)Oc1c(C2CCCCC2)cc(C2CCCCC2)cc1C1CCCCC1.